The number of amides is 2. The van der Waals surface area contributed by atoms with Crippen LogP contribution in [0.5, 0.6) is 0 Å². The number of rotatable bonds is 2. The zero-order chi connectivity index (χ0) is 30.3. The Bertz CT molecular complexity index is 1410. The van der Waals surface area contributed by atoms with E-state index in [1.165, 1.54) is 0 Å². The molecular weight excluding hydrogens is 624 g/mol. The zero-order valence-corrected chi connectivity index (χ0v) is 24.7. The number of nitrogens with one attached hydrogen (secondary N) is 2. The van der Waals surface area contributed by atoms with Crippen LogP contribution in [0, 0.1) is 47.6 Å². The predicted molar refractivity (Wildman–Crippen MR) is 141 cm³/mol. The van der Waals surface area contributed by atoms with Crippen molar-refractivity contribution in [2.24, 2.45) is 0 Å². The van der Waals surface area contributed by atoms with Crippen LogP contribution >= 0.6 is 0 Å². The standard InChI is InChI=1S/2C8H6F2NO3S.2C5H5.Ti/c2*1-15(13,14)8(12)11-7-3-2-5(9)4-6(7)10;2*1-2-4-5-3-1;/h2*2-3H,1H3,(H,11,12);2*1-3H,4H2;/q4*-1;+4. The third-order valence-corrected chi connectivity index (χ3v) is 5.59. The molecular formula is C26H22F4N2O6S2Ti. The molecule has 0 aromatic heterocycles. The third kappa shape index (κ3) is 15.9. The second-order valence-electron chi connectivity index (χ2n) is 7.44. The predicted octanol–water partition coefficient (Wildman–Crippen LogP) is 5.29. The maximum Gasteiger partial charge on any atom is 4.00 e. The summed E-state index contributed by atoms with van der Waals surface area (Å²) in [4.78, 5) is 21.8. The Labute approximate surface area is 250 Å². The number of carbonyl (C=O) groups excluding carboxylic acids is 2. The molecule has 2 aliphatic carbocycles. The first-order valence-electron chi connectivity index (χ1n) is 10.8. The summed E-state index contributed by atoms with van der Waals surface area (Å²) in [6.07, 6.45) is 21.3. The number of hydrogen-bond donors (Lipinski definition) is 2. The normalized spacial score (nSPS) is 12.4. The van der Waals surface area contributed by atoms with E-state index < -0.39 is 64.8 Å². The van der Waals surface area contributed by atoms with Gasteiger partial charge in [-0.15, -0.1) is 49.2 Å². The average Bonchev–Trinajstić information content (AvgIpc) is 3.61. The molecule has 0 saturated carbocycles. The third-order valence-electron chi connectivity index (χ3n) is 4.04. The summed E-state index contributed by atoms with van der Waals surface area (Å²) >= 11 is 0. The Kier molecular flexibility index (Phi) is 16.7. The molecule has 15 heteroatoms. The second-order valence-corrected chi connectivity index (χ2v) is 11.3. The van der Waals surface area contributed by atoms with Crippen molar-refractivity contribution in [3.05, 3.63) is 108 Å². The summed E-state index contributed by atoms with van der Waals surface area (Å²) in [5.41, 5.74) is -0.876. The summed E-state index contributed by atoms with van der Waals surface area (Å²) in [6, 6.07) is 6.82. The van der Waals surface area contributed by atoms with E-state index in [0.29, 0.717) is 12.5 Å². The molecule has 8 nitrogen and oxygen atoms in total. The number of benzene rings is 2. The van der Waals surface area contributed by atoms with Gasteiger partial charge in [-0.3, -0.25) is 21.7 Å². The molecule has 0 saturated heterocycles. The molecule has 4 rings (SSSR count). The van der Waals surface area contributed by atoms with Gasteiger partial charge in [0.1, 0.15) is 0 Å². The van der Waals surface area contributed by atoms with Gasteiger partial charge in [0.25, 0.3) is 0 Å². The summed E-state index contributed by atoms with van der Waals surface area (Å²) < 4.78 is 93.4. The van der Waals surface area contributed by atoms with Crippen LogP contribution in [0.1, 0.15) is 12.8 Å². The number of halogens is 4. The molecule has 0 heterocycles. The van der Waals surface area contributed by atoms with Crippen LogP contribution in [0.15, 0.2) is 60.7 Å². The quantitative estimate of drug-likeness (QED) is 0.260. The Balaban J connectivity index is 0.000000573. The Morgan fingerprint density at radius 3 is 1.22 bits per heavy atom. The number of carbonyl (C=O) groups is 2. The van der Waals surface area contributed by atoms with Gasteiger partial charge in [0.05, 0.1) is 0 Å². The number of sulfone groups is 2. The van der Waals surface area contributed by atoms with Gasteiger partial charge in [0.2, 0.25) is 19.7 Å². The van der Waals surface area contributed by atoms with Crippen LogP contribution in [0.2, 0.25) is 0 Å². The van der Waals surface area contributed by atoms with E-state index in [1.807, 2.05) is 24.3 Å². The van der Waals surface area contributed by atoms with Gasteiger partial charge < -0.3 is 10.6 Å². The summed E-state index contributed by atoms with van der Waals surface area (Å²) in [7, 11) is -7.90. The minimum absolute atomic E-state index is 0. The smallest absolute Gasteiger partial charge is 0.363 e. The minimum Gasteiger partial charge on any atom is -0.363 e. The van der Waals surface area contributed by atoms with E-state index in [-0.39, 0.29) is 21.7 Å². The molecule has 0 bridgehead atoms. The fourth-order valence-electron chi connectivity index (χ4n) is 2.17. The first-order chi connectivity index (χ1) is 18.6. The number of hydrogen-bond acceptors (Lipinski definition) is 6. The Morgan fingerprint density at radius 1 is 0.683 bits per heavy atom. The zero-order valence-electron chi connectivity index (χ0n) is 21.5. The molecule has 2 aromatic rings. The van der Waals surface area contributed by atoms with Crippen molar-refractivity contribution in [2.45, 2.75) is 12.8 Å². The van der Waals surface area contributed by atoms with Gasteiger partial charge in [-0.2, -0.15) is 12.2 Å². The van der Waals surface area contributed by atoms with E-state index >= 15 is 0 Å². The summed E-state index contributed by atoms with van der Waals surface area (Å²) in [5, 5.41) is 0.835. The topological polar surface area (TPSA) is 126 Å². The van der Waals surface area contributed by atoms with Crippen molar-refractivity contribution in [1.29, 1.82) is 0 Å². The van der Waals surface area contributed by atoms with Crippen LogP contribution in [-0.4, -0.2) is 39.8 Å². The molecule has 216 valence electrons. The second kappa shape index (κ2) is 18.2. The maximum atomic E-state index is 12.9. The molecule has 0 aliphatic heterocycles. The van der Waals surface area contributed by atoms with Gasteiger partial charge in [-0.05, 0) is 11.4 Å². The first-order valence-corrected chi connectivity index (χ1v) is 14.6. The molecule has 2 amide bonds. The molecule has 0 atom stereocenters. The average molecular weight is 646 g/mol. The van der Waals surface area contributed by atoms with E-state index in [0.717, 1.165) is 37.1 Å². The molecule has 2 N–H and O–H groups in total. The van der Waals surface area contributed by atoms with Crippen LogP contribution in [0.3, 0.4) is 0 Å². The van der Waals surface area contributed by atoms with Crippen molar-refractivity contribution in [3.8, 4) is 0 Å². The van der Waals surface area contributed by atoms with Crippen LogP contribution in [-0.2, 0) is 41.4 Å². The fourth-order valence-corrected chi connectivity index (χ4v) is 2.76. The minimum atomic E-state index is -3.95. The van der Waals surface area contributed by atoms with Gasteiger partial charge in [-0.1, -0.05) is 0 Å². The van der Waals surface area contributed by atoms with Gasteiger partial charge in [0.15, 0.2) is 0 Å². The Hall–Kier alpha value is -3.33. The molecule has 0 unspecified atom stereocenters. The van der Waals surface area contributed by atoms with Gasteiger partial charge in [0, 0.05) is 35.8 Å². The van der Waals surface area contributed by atoms with Crippen molar-refractivity contribution < 1.29 is 65.7 Å². The van der Waals surface area contributed by atoms with Gasteiger partial charge in [-0.25, -0.2) is 58.7 Å². The van der Waals surface area contributed by atoms with Gasteiger partial charge >= 0.3 is 32.2 Å². The van der Waals surface area contributed by atoms with E-state index in [1.54, 1.807) is 22.8 Å². The Morgan fingerprint density at radius 2 is 1.02 bits per heavy atom. The SMILES string of the molecule is CS(=O)(=O)C(=O)Nc1ccc(F)[c-]c1F.CS(=O)(=O)C(=O)Nc1ccc(F)[c-]c1F.[C-]1=CC=CC1.[C-]1=CC=CC1.[Ti+4]. The van der Waals surface area contributed by atoms with E-state index in [4.69, 9.17) is 0 Å². The molecule has 41 heavy (non-hydrogen) atoms. The summed E-state index contributed by atoms with van der Waals surface area (Å²) in [6.45, 7) is 0. The van der Waals surface area contributed by atoms with E-state index in [2.05, 4.69) is 24.3 Å². The van der Waals surface area contributed by atoms with Crippen molar-refractivity contribution in [3.63, 3.8) is 0 Å². The van der Waals surface area contributed by atoms with Crippen molar-refractivity contribution in [1.82, 2.24) is 0 Å². The van der Waals surface area contributed by atoms with Crippen LogP contribution in [0.25, 0.3) is 0 Å². The van der Waals surface area contributed by atoms with Crippen LogP contribution < -0.4 is 10.6 Å². The molecule has 2 aliphatic rings. The molecule has 2 aromatic carbocycles. The van der Waals surface area contributed by atoms with E-state index in [9.17, 15) is 44.0 Å². The maximum absolute atomic E-state index is 12.9. The molecule has 0 fully saturated rings. The fraction of sp³-hybridized carbons (Fsp3) is 0.154. The van der Waals surface area contributed by atoms with Crippen molar-refractivity contribution >= 4 is 41.5 Å². The number of allylic oxidation sites excluding steroid dienone is 8. The molecule has 0 spiro atoms. The van der Waals surface area contributed by atoms with Crippen LogP contribution in [0.4, 0.5) is 38.5 Å². The molecule has 0 radical (unpaired) electrons. The largest absolute Gasteiger partial charge is 4.00 e. The summed E-state index contributed by atoms with van der Waals surface area (Å²) in [5.74, 6) is -4.20. The first kappa shape index (κ1) is 37.7. The van der Waals surface area contributed by atoms with Crippen molar-refractivity contribution in [2.75, 3.05) is 23.1 Å². The number of anilines is 2. The monoisotopic (exact) mass is 646 g/mol.